The van der Waals surface area contributed by atoms with E-state index in [4.69, 9.17) is 21.4 Å². The van der Waals surface area contributed by atoms with E-state index in [0.29, 0.717) is 19.0 Å². The van der Waals surface area contributed by atoms with Crippen LogP contribution in [-0.2, 0) is 24.1 Å². The maximum absolute atomic E-state index is 12.6. The van der Waals surface area contributed by atoms with Gasteiger partial charge >= 0.3 is 6.09 Å². The van der Waals surface area contributed by atoms with E-state index in [9.17, 15) is 4.79 Å². The van der Waals surface area contributed by atoms with Crippen molar-refractivity contribution >= 4 is 17.7 Å². The van der Waals surface area contributed by atoms with E-state index in [1.54, 1.807) is 0 Å². The van der Waals surface area contributed by atoms with Crippen LogP contribution in [0, 0.1) is 5.92 Å². The van der Waals surface area contributed by atoms with Crippen molar-refractivity contribution in [1.82, 2.24) is 14.7 Å². The number of fused-ring (bicyclic) bond motifs is 1. The summed E-state index contributed by atoms with van der Waals surface area (Å²) in [5.41, 5.74) is 4.25. The Kier molecular flexibility index (Phi) is 6.61. The number of amides is 1. The third kappa shape index (κ3) is 5.43. The Bertz CT molecular complexity index is 908. The molecule has 1 amide bonds. The monoisotopic (exact) mass is 443 g/mol. The number of rotatable bonds is 3. The van der Waals surface area contributed by atoms with Gasteiger partial charge in [-0.25, -0.2) is 4.79 Å². The van der Waals surface area contributed by atoms with Gasteiger partial charge in [0.1, 0.15) is 5.60 Å². The van der Waals surface area contributed by atoms with Gasteiger partial charge in [0.15, 0.2) is 0 Å². The molecule has 1 aromatic heterocycles. The van der Waals surface area contributed by atoms with Crippen molar-refractivity contribution in [3.05, 3.63) is 40.5 Å². The summed E-state index contributed by atoms with van der Waals surface area (Å²) in [5, 5.41) is 5.82. The zero-order valence-electron chi connectivity index (χ0n) is 19.0. The molecule has 0 N–H and O–H groups in total. The lowest BCUT2D eigenvalue weighted by Crippen LogP contribution is -2.38. The molecule has 168 valence electrons. The first kappa shape index (κ1) is 22.2. The fourth-order valence-corrected chi connectivity index (χ4v) is 4.92. The van der Waals surface area contributed by atoms with Crippen molar-refractivity contribution in [1.29, 1.82) is 0 Å². The number of hydrogen-bond acceptors (Lipinski definition) is 3. The lowest BCUT2D eigenvalue weighted by molar-refractivity contribution is 0.0258. The van der Waals surface area contributed by atoms with Crippen LogP contribution in [0.5, 0.6) is 0 Å². The summed E-state index contributed by atoms with van der Waals surface area (Å²) in [6, 6.07) is 8.08. The van der Waals surface area contributed by atoms with Crippen LogP contribution in [0.25, 0.3) is 11.3 Å². The predicted molar refractivity (Wildman–Crippen MR) is 124 cm³/mol. The van der Waals surface area contributed by atoms with Crippen LogP contribution >= 0.6 is 11.6 Å². The van der Waals surface area contributed by atoms with Crippen LogP contribution in [0.15, 0.2) is 24.3 Å². The molecule has 0 spiro atoms. The van der Waals surface area contributed by atoms with E-state index in [-0.39, 0.29) is 6.09 Å². The molecule has 1 fully saturated rings. The van der Waals surface area contributed by atoms with Gasteiger partial charge in [-0.1, -0.05) is 43.0 Å². The van der Waals surface area contributed by atoms with Crippen molar-refractivity contribution in [2.24, 2.45) is 5.92 Å². The number of benzene rings is 1. The summed E-state index contributed by atoms with van der Waals surface area (Å²) in [7, 11) is 0. The highest BCUT2D eigenvalue weighted by molar-refractivity contribution is 6.30. The van der Waals surface area contributed by atoms with Gasteiger partial charge in [0.05, 0.1) is 11.4 Å². The summed E-state index contributed by atoms with van der Waals surface area (Å²) < 4.78 is 7.85. The minimum atomic E-state index is -0.485. The van der Waals surface area contributed by atoms with E-state index in [0.717, 1.165) is 35.7 Å². The maximum atomic E-state index is 12.6. The van der Waals surface area contributed by atoms with Crippen LogP contribution in [0.1, 0.15) is 64.1 Å². The lowest BCUT2D eigenvalue weighted by atomic mass is 9.89. The van der Waals surface area contributed by atoms with E-state index in [2.05, 4.69) is 16.8 Å². The Labute approximate surface area is 190 Å². The molecule has 1 aliphatic heterocycles. The van der Waals surface area contributed by atoms with E-state index in [1.807, 2.05) is 37.8 Å². The minimum Gasteiger partial charge on any atom is -0.444 e. The van der Waals surface area contributed by atoms with E-state index >= 15 is 0 Å². The molecule has 1 aromatic carbocycles. The van der Waals surface area contributed by atoms with Gasteiger partial charge in [-0.2, -0.15) is 5.10 Å². The molecule has 1 saturated carbocycles. The van der Waals surface area contributed by atoms with Crippen LogP contribution < -0.4 is 0 Å². The summed E-state index contributed by atoms with van der Waals surface area (Å²) in [4.78, 5) is 14.4. The normalized spacial score (nSPS) is 17.9. The predicted octanol–water partition coefficient (Wildman–Crippen LogP) is 6.12. The Balaban J connectivity index is 1.61. The van der Waals surface area contributed by atoms with Gasteiger partial charge in [0, 0.05) is 42.2 Å². The molecule has 5 nitrogen and oxygen atoms in total. The summed E-state index contributed by atoms with van der Waals surface area (Å²) in [6.07, 6.45) is 7.90. The number of ether oxygens (including phenoxy) is 1. The molecule has 31 heavy (non-hydrogen) atoms. The molecule has 0 bridgehead atoms. The first-order valence-electron chi connectivity index (χ1n) is 11.6. The lowest BCUT2D eigenvalue weighted by Gasteiger charge is -2.26. The quantitative estimate of drug-likeness (QED) is 0.574. The van der Waals surface area contributed by atoms with Gasteiger partial charge in [-0.15, -0.1) is 0 Å². The molecule has 6 heteroatoms. The molecule has 2 aromatic rings. The molecule has 0 unspecified atom stereocenters. The van der Waals surface area contributed by atoms with Crippen molar-refractivity contribution in [3.63, 3.8) is 0 Å². The molecule has 1 aliphatic carbocycles. The molecular weight excluding hydrogens is 410 g/mol. The molecule has 4 rings (SSSR count). The first-order chi connectivity index (χ1) is 14.8. The first-order valence-corrected chi connectivity index (χ1v) is 12.0. The number of aromatic nitrogens is 2. The van der Waals surface area contributed by atoms with Gasteiger partial charge in [-0.05, 0) is 58.1 Å². The third-order valence-corrected chi connectivity index (χ3v) is 6.56. The fourth-order valence-electron chi connectivity index (χ4n) is 4.80. The highest BCUT2D eigenvalue weighted by Gasteiger charge is 2.28. The summed E-state index contributed by atoms with van der Waals surface area (Å²) in [6.45, 7) is 7.99. The van der Waals surface area contributed by atoms with Crippen LogP contribution in [0.4, 0.5) is 4.79 Å². The van der Waals surface area contributed by atoms with Crippen LogP contribution in [0.2, 0.25) is 5.02 Å². The fraction of sp³-hybridized carbons (Fsp3) is 0.600. The zero-order valence-corrected chi connectivity index (χ0v) is 19.7. The molecule has 0 saturated heterocycles. The second kappa shape index (κ2) is 9.23. The van der Waals surface area contributed by atoms with E-state index in [1.165, 1.54) is 43.4 Å². The molecule has 0 atom stereocenters. The van der Waals surface area contributed by atoms with Gasteiger partial charge in [0.25, 0.3) is 0 Å². The Hall–Kier alpha value is -2.01. The highest BCUT2D eigenvalue weighted by atomic mass is 35.5. The topological polar surface area (TPSA) is 47.4 Å². The number of carbonyl (C=O) groups is 1. The average Bonchev–Trinajstić information content (AvgIpc) is 2.91. The van der Waals surface area contributed by atoms with Crippen molar-refractivity contribution < 1.29 is 9.53 Å². The maximum Gasteiger partial charge on any atom is 0.410 e. The summed E-state index contributed by atoms with van der Waals surface area (Å²) >= 11 is 6.16. The Morgan fingerprint density at radius 2 is 1.77 bits per heavy atom. The van der Waals surface area contributed by atoms with Crippen molar-refractivity contribution in [2.45, 2.75) is 77.9 Å². The average molecular weight is 444 g/mol. The molecule has 0 radical (unpaired) electrons. The van der Waals surface area contributed by atoms with Crippen molar-refractivity contribution in [3.8, 4) is 11.3 Å². The Morgan fingerprint density at radius 3 is 2.45 bits per heavy atom. The van der Waals surface area contributed by atoms with Gasteiger partial charge < -0.3 is 9.64 Å². The van der Waals surface area contributed by atoms with Crippen LogP contribution in [0.3, 0.4) is 0 Å². The van der Waals surface area contributed by atoms with Gasteiger partial charge in [-0.3, -0.25) is 4.68 Å². The molecule has 2 heterocycles. The van der Waals surface area contributed by atoms with Crippen LogP contribution in [-0.4, -0.2) is 39.5 Å². The smallest absolute Gasteiger partial charge is 0.410 e. The highest BCUT2D eigenvalue weighted by Crippen LogP contribution is 2.33. The summed E-state index contributed by atoms with van der Waals surface area (Å²) in [5.74, 6) is 0.696. The Morgan fingerprint density at radius 1 is 1.10 bits per heavy atom. The third-order valence-electron chi connectivity index (χ3n) is 6.31. The number of halogens is 1. The second-order valence-electron chi connectivity index (χ2n) is 9.93. The van der Waals surface area contributed by atoms with E-state index < -0.39 is 5.60 Å². The number of nitrogens with zero attached hydrogens (tertiary/aromatic N) is 3. The largest absolute Gasteiger partial charge is 0.444 e. The minimum absolute atomic E-state index is 0.235. The van der Waals surface area contributed by atoms with Gasteiger partial charge in [0.2, 0.25) is 0 Å². The standard InChI is InChI=1S/C25H34ClN3O2/c1-25(2,3)31-24(30)28-15-13-21-22(14-16-28)27-29(17-18-7-5-4-6-8-18)23(21)19-9-11-20(26)12-10-19/h9-12,18H,4-8,13-17H2,1-3H3. The second-order valence-corrected chi connectivity index (χ2v) is 10.4. The molecular formula is C25H34ClN3O2. The number of carbonyl (C=O) groups excluding carboxylic acids is 1. The molecule has 2 aliphatic rings. The zero-order chi connectivity index (χ0) is 22.0. The number of hydrogen-bond donors (Lipinski definition) is 0. The SMILES string of the molecule is CC(C)(C)OC(=O)N1CCc2nn(CC3CCCCC3)c(-c3ccc(Cl)cc3)c2CC1. The van der Waals surface area contributed by atoms with Crippen molar-refractivity contribution in [2.75, 3.05) is 13.1 Å².